The Balaban J connectivity index is 2.28. The molecule has 1 unspecified atom stereocenters. The summed E-state index contributed by atoms with van der Waals surface area (Å²) in [5.41, 5.74) is 0.615. The predicted octanol–water partition coefficient (Wildman–Crippen LogP) is 0.844. The van der Waals surface area contributed by atoms with Crippen LogP contribution in [-0.4, -0.2) is 51.7 Å². The number of methoxy groups -OCH3 is 2. The lowest BCUT2D eigenvalue weighted by Gasteiger charge is -2.18. The van der Waals surface area contributed by atoms with E-state index in [2.05, 4.69) is 0 Å². The molecule has 1 fully saturated rings. The first kappa shape index (κ1) is 16.2. The summed E-state index contributed by atoms with van der Waals surface area (Å²) in [6.07, 6.45) is 0.796. The van der Waals surface area contributed by atoms with Gasteiger partial charge in [-0.05, 0) is 30.0 Å². The van der Waals surface area contributed by atoms with E-state index >= 15 is 0 Å². The Morgan fingerprint density at radius 1 is 1.38 bits per heavy atom. The SMILES string of the molecule is COCC1CCN(S(=O)(=O)c2ccc(CO)cc2OC)C1. The van der Waals surface area contributed by atoms with E-state index in [1.807, 2.05) is 0 Å². The molecular formula is C14H21NO5S. The zero-order valence-electron chi connectivity index (χ0n) is 12.3. The average molecular weight is 315 g/mol. The Morgan fingerprint density at radius 3 is 2.76 bits per heavy atom. The van der Waals surface area contributed by atoms with Crippen molar-refractivity contribution in [1.29, 1.82) is 0 Å². The van der Waals surface area contributed by atoms with Crippen molar-refractivity contribution in [2.75, 3.05) is 33.9 Å². The van der Waals surface area contributed by atoms with E-state index in [1.165, 1.54) is 17.5 Å². The first-order valence-corrected chi connectivity index (χ1v) is 8.23. The maximum Gasteiger partial charge on any atom is 0.246 e. The van der Waals surface area contributed by atoms with Gasteiger partial charge in [0.2, 0.25) is 10.0 Å². The van der Waals surface area contributed by atoms with Gasteiger partial charge in [0, 0.05) is 20.2 Å². The fourth-order valence-electron chi connectivity index (χ4n) is 2.55. The van der Waals surface area contributed by atoms with E-state index < -0.39 is 10.0 Å². The minimum absolute atomic E-state index is 0.139. The van der Waals surface area contributed by atoms with Gasteiger partial charge in [0.25, 0.3) is 0 Å². The van der Waals surface area contributed by atoms with Crippen LogP contribution in [0.25, 0.3) is 0 Å². The Morgan fingerprint density at radius 2 is 2.14 bits per heavy atom. The summed E-state index contributed by atoms with van der Waals surface area (Å²) in [6, 6.07) is 4.64. The number of ether oxygens (including phenoxy) is 2. The standard InChI is InChI=1S/C14H21NO5S/c1-19-10-12-5-6-15(8-12)21(17,18)14-4-3-11(9-16)7-13(14)20-2/h3-4,7,12,16H,5-6,8-10H2,1-2H3. The van der Waals surface area contributed by atoms with Crippen molar-refractivity contribution in [3.05, 3.63) is 23.8 Å². The van der Waals surface area contributed by atoms with E-state index in [0.29, 0.717) is 25.3 Å². The number of aliphatic hydroxyl groups excluding tert-OH is 1. The van der Waals surface area contributed by atoms with Gasteiger partial charge in [-0.15, -0.1) is 0 Å². The molecule has 0 bridgehead atoms. The molecule has 1 heterocycles. The molecule has 0 spiro atoms. The molecule has 0 radical (unpaired) electrons. The number of rotatable bonds is 6. The van der Waals surface area contributed by atoms with Gasteiger partial charge in [0.1, 0.15) is 10.6 Å². The van der Waals surface area contributed by atoms with E-state index in [0.717, 1.165) is 6.42 Å². The van der Waals surface area contributed by atoms with Crippen LogP contribution in [0.2, 0.25) is 0 Å². The average Bonchev–Trinajstić information content (AvgIpc) is 2.96. The fraction of sp³-hybridized carbons (Fsp3) is 0.571. The van der Waals surface area contributed by atoms with Crippen molar-refractivity contribution in [3.63, 3.8) is 0 Å². The molecule has 0 aromatic heterocycles. The molecule has 1 aromatic rings. The third kappa shape index (κ3) is 3.37. The minimum Gasteiger partial charge on any atom is -0.495 e. The number of benzene rings is 1. The Kier molecular flexibility index (Phi) is 5.21. The fourth-order valence-corrected chi connectivity index (χ4v) is 4.22. The highest BCUT2D eigenvalue weighted by Gasteiger charge is 2.34. The first-order valence-electron chi connectivity index (χ1n) is 6.79. The number of hydrogen-bond donors (Lipinski definition) is 1. The van der Waals surface area contributed by atoms with Crippen LogP contribution in [0.3, 0.4) is 0 Å². The maximum atomic E-state index is 12.7. The molecule has 1 N–H and O–H groups in total. The van der Waals surface area contributed by atoms with E-state index in [9.17, 15) is 8.42 Å². The number of sulfonamides is 1. The van der Waals surface area contributed by atoms with Crippen LogP contribution in [-0.2, 0) is 21.4 Å². The van der Waals surface area contributed by atoms with Crippen molar-refractivity contribution in [3.8, 4) is 5.75 Å². The van der Waals surface area contributed by atoms with Gasteiger partial charge in [-0.25, -0.2) is 8.42 Å². The second-order valence-corrected chi connectivity index (χ2v) is 7.02. The lowest BCUT2D eigenvalue weighted by Crippen LogP contribution is -2.29. The molecule has 21 heavy (non-hydrogen) atoms. The molecule has 1 saturated heterocycles. The number of hydrogen-bond acceptors (Lipinski definition) is 5. The van der Waals surface area contributed by atoms with Crippen molar-refractivity contribution >= 4 is 10.0 Å². The zero-order valence-corrected chi connectivity index (χ0v) is 13.1. The highest BCUT2D eigenvalue weighted by Crippen LogP contribution is 2.31. The van der Waals surface area contributed by atoms with Gasteiger partial charge in [0.05, 0.1) is 20.3 Å². The van der Waals surface area contributed by atoms with Gasteiger partial charge < -0.3 is 14.6 Å². The van der Waals surface area contributed by atoms with Crippen LogP contribution in [0.4, 0.5) is 0 Å². The largest absolute Gasteiger partial charge is 0.495 e. The van der Waals surface area contributed by atoms with Gasteiger partial charge in [-0.3, -0.25) is 0 Å². The molecule has 7 heteroatoms. The van der Waals surface area contributed by atoms with E-state index in [4.69, 9.17) is 14.6 Å². The summed E-state index contributed by atoms with van der Waals surface area (Å²) >= 11 is 0. The molecule has 1 aliphatic heterocycles. The van der Waals surface area contributed by atoms with Gasteiger partial charge in [-0.1, -0.05) is 6.07 Å². The highest BCUT2D eigenvalue weighted by molar-refractivity contribution is 7.89. The number of aliphatic hydroxyl groups is 1. The summed E-state index contributed by atoms with van der Waals surface area (Å²) in [7, 11) is -0.544. The monoisotopic (exact) mass is 315 g/mol. The molecule has 118 valence electrons. The summed E-state index contributed by atoms with van der Waals surface area (Å²) in [5, 5.41) is 9.13. The van der Waals surface area contributed by atoms with Crippen molar-refractivity contribution in [2.45, 2.75) is 17.9 Å². The molecule has 1 atom stereocenters. The summed E-state index contributed by atoms with van der Waals surface area (Å²) < 4.78 is 37.1. The first-order chi connectivity index (χ1) is 10.0. The van der Waals surface area contributed by atoms with Crippen LogP contribution in [0.15, 0.2) is 23.1 Å². The van der Waals surface area contributed by atoms with Crippen LogP contribution >= 0.6 is 0 Å². The molecule has 0 amide bonds. The molecule has 0 aliphatic carbocycles. The van der Waals surface area contributed by atoms with Gasteiger partial charge >= 0.3 is 0 Å². The van der Waals surface area contributed by atoms with Gasteiger partial charge in [0.15, 0.2) is 0 Å². The molecule has 6 nitrogen and oxygen atoms in total. The second-order valence-electron chi connectivity index (χ2n) is 5.12. The summed E-state index contributed by atoms with van der Waals surface area (Å²) in [4.78, 5) is 0.139. The number of nitrogens with zero attached hydrogens (tertiary/aromatic N) is 1. The van der Waals surface area contributed by atoms with Crippen LogP contribution < -0.4 is 4.74 Å². The van der Waals surface area contributed by atoms with Gasteiger partial charge in [-0.2, -0.15) is 4.31 Å². The Bertz CT molecular complexity index is 587. The molecule has 1 aliphatic rings. The molecule has 1 aromatic carbocycles. The lowest BCUT2D eigenvalue weighted by molar-refractivity contribution is 0.157. The molecule has 0 saturated carbocycles. The van der Waals surface area contributed by atoms with Crippen molar-refractivity contribution in [2.24, 2.45) is 5.92 Å². The Labute approximate surface area is 125 Å². The summed E-state index contributed by atoms with van der Waals surface area (Å²) in [6.45, 7) is 1.35. The lowest BCUT2D eigenvalue weighted by atomic mass is 10.1. The van der Waals surface area contributed by atoms with Crippen LogP contribution in [0.5, 0.6) is 5.75 Å². The topological polar surface area (TPSA) is 76.1 Å². The quantitative estimate of drug-likeness (QED) is 0.842. The van der Waals surface area contributed by atoms with E-state index in [-0.39, 0.29) is 23.2 Å². The van der Waals surface area contributed by atoms with Crippen LogP contribution in [0.1, 0.15) is 12.0 Å². The highest BCUT2D eigenvalue weighted by atomic mass is 32.2. The molecular weight excluding hydrogens is 294 g/mol. The third-order valence-corrected chi connectivity index (χ3v) is 5.58. The zero-order chi connectivity index (χ0) is 15.5. The minimum atomic E-state index is -3.59. The maximum absolute atomic E-state index is 12.7. The van der Waals surface area contributed by atoms with Crippen molar-refractivity contribution < 1.29 is 23.0 Å². The second kappa shape index (κ2) is 6.74. The van der Waals surface area contributed by atoms with Crippen molar-refractivity contribution in [1.82, 2.24) is 4.31 Å². The van der Waals surface area contributed by atoms with E-state index in [1.54, 1.807) is 19.2 Å². The summed E-state index contributed by atoms with van der Waals surface area (Å²) in [5.74, 6) is 0.490. The normalized spacial score (nSPS) is 19.9. The predicted molar refractivity (Wildman–Crippen MR) is 77.7 cm³/mol. The third-order valence-electron chi connectivity index (χ3n) is 3.68. The Hall–Kier alpha value is -1.15. The molecule has 2 rings (SSSR count). The smallest absolute Gasteiger partial charge is 0.246 e. The van der Waals surface area contributed by atoms with Crippen LogP contribution in [0, 0.1) is 5.92 Å².